The number of hydrogen-bond donors (Lipinski definition) is 1. The maximum Gasteiger partial charge on any atom is 0.224 e. The summed E-state index contributed by atoms with van der Waals surface area (Å²) in [5.41, 5.74) is 2.59. The van der Waals surface area contributed by atoms with Gasteiger partial charge in [-0.15, -0.1) is 0 Å². The first kappa shape index (κ1) is 14.6. The number of halogens is 1. The molecule has 1 aliphatic carbocycles. The zero-order valence-electron chi connectivity index (χ0n) is 11.5. The van der Waals surface area contributed by atoms with Crippen molar-refractivity contribution in [2.24, 2.45) is 5.41 Å². The van der Waals surface area contributed by atoms with Gasteiger partial charge in [0.1, 0.15) is 0 Å². The number of carbonyl (C=O) groups is 1. The van der Waals surface area contributed by atoms with E-state index < -0.39 is 0 Å². The topological polar surface area (TPSA) is 29.1 Å². The quantitative estimate of drug-likeness (QED) is 0.824. The standard InChI is InChI=1S/C16H22BrNO/c1-13-5-4-6-14(9-13)10-15(19)18-12-16(11-17)7-2-3-8-16/h4-6,9H,2-3,7-8,10-12H2,1H3,(H,18,19). The number of carbonyl (C=O) groups excluding carboxylic acids is 1. The minimum absolute atomic E-state index is 0.137. The fourth-order valence-electron chi connectivity index (χ4n) is 2.84. The second-order valence-electron chi connectivity index (χ2n) is 5.78. The normalized spacial score (nSPS) is 17.4. The van der Waals surface area contributed by atoms with Crippen molar-refractivity contribution in [1.29, 1.82) is 0 Å². The summed E-state index contributed by atoms with van der Waals surface area (Å²) in [6.45, 7) is 2.86. The lowest BCUT2D eigenvalue weighted by molar-refractivity contribution is -0.120. The Labute approximate surface area is 124 Å². The Hall–Kier alpha value is -0.830. The van der Waals surface area contributed by atoms with Gasteiger partial charge in [-0.3, -0.25) is 4.79 Å². The van der Waals surface area contributed by atoms with Crippen LogP contribution in [0.5, 0.6) is 0 Å². The molecule has 19 heavy (non-hydrogen) atoms. The van der Waals surface area contributed by atoms with Crippen molar-refractivity contribution in [1.82, 2.24) is 5.32 Å². The minimum atomic E-state index is 0.137. The molecule has 1 N–H and O–H groups in total. The fraction of sp³-hybridized carbons (Fsp3) is 0.562. The van der Waals surface area contributed by atoms with Gasteiger partial charge in [-0.25, -0.2) is 0 Å². The van der Waals surface area contributed by atoms with Crippen LogP contribution in [0.4, 0.5) is 0 Å². The van der Waals surface area contributed by atoms with Crippen LogP contribution in [0.1, 0.15) is 36.8 Å². The molecule has 3 heteroatoms. The largest absolute Gasteiger partial charge is 0.355 e. The average molecular weight is 324 g/mol. The van der Waals surface area contributed by atoms with Crippen molar-refractivity contribution in [2.75, 3.05) is 11.9 Å². The van der Waals surface area contributed by atoms with E-state index in [1.54, 1.807) is 0 Å². The van der Waals surface area contributed by atoms with Crippen molar-refractivity contribution in [3.63, 3.8) is 0 Å². The average Bonchev–Trinajstić information content (AvgIpc) is 2.86. The molecule has 0 bridgehead atoms. The van der Waals surface area contributed by atoms with Gasteiger partial charge in [0.05, 0.1) is 6.42 Å². The zero-order chi connectivity index (χ0) is 13.7. The number of benzene rings is 1. The van der Waals surface area contributed by atoms with Gasteiger partial charge < -0.3 is 5.32 Å². The van der Waals surface area contributed by atoms with Gasteiger partial charge in [-0.2, -0.15) is 0 Å². The Bertz CT molecular complexity index is 438. The third kappa shape index (κ3) is 4.07. The van der Waals surface area contributed by atoms with Crippen molar-refractivity contribution in [3.8, 4) is 0 Å². The van der Waals surface area contributed by atoms with Gasteiger partial charge in [-0.1, -0.05) is 58.6 Å². The summed E-state index contributed by atoms with van der Waals surface area (Å²) in [4.78, 5) is 12.0. The smallest absolute Gasteiger partial charge is 0.224 e. The van der Waals surface area contributed by atoms with E-state index >= 15 is 0 Å². The van der Waals surface area contributed by atoms with Gasteiger partial charge in [0.25, 0.3) is 0 Å². The molecule has 0 aliphatic heterocycles. The lowest BCUT2D eigenvalue weighted by atomic mass is 9.89. The van der Waals surface area contributed by atoms with E-state index in [1.165, 1.54) is 31.2 Å². The molecule has 1 aromatic carbocycles. The van der Waals surface area contributed by atoms with E-state index in [0.29, 0.717) is 11.8 Å². The lowest BCUT2D eigenvalue weighted by Crippen LogP contribution is -2.37. The molecular formula is C16H22BrNO. The van der Waals surface area contributed by atoms with Crippen LogP contribution in [0.3, 0.4) is 0 Å². The molecule has 1 aromatic rings. The maximum absolute atomic E-state index is 12.0. The Balaban J connectivity index is 1.84. The van der Waals surface area contributed by atoms with Crippen molar-refractivity contribution < 1.29 is 4.79 Å². The van der Waals surface area contributed by atoms with Gasteiger partial charge in [0.2, 0.25) is 5.91 Å². The number of rotatable bonds is 5. The van der Waals surface area contributed by atoms with Crippen molar-refractivity contribution >= 4 is 21.8 Å². The van der Waals surface area contributed by atoms with Crippen molar-refractivity contribution in [3.05, 3.63) is 35.4 Å². The van der Waals surface area contributed by atoms with Crippen LogP contribution in [0.25, 0.3) is 0 Å². The van der Waals surface area contributed by atoms with E-state index in [2.05, 4.69) is 40.3 Å². The number of alkyl halides is 1. The van der Waals surface area contributed by atoms with Crippen LogP contribution in [0.15, 0.2) is 24.3 Å². The summed E-state index contributed by atoms with van der Waals surface area (Å²) in [5.74, 6) is 0.137. The summed E-state index contributed by atoms with van der Waals surface area (Å²) in [6.07, 6.45) is 5.52. The minimum Gasteiger partial charge on any atom is -0.355 e. The van der Waals surface area contributed by atoms with Crippen LogP contribution >= 0.6 is 15.9 Å². The molecule has 2 nitrogen and oxygen atoms in total. The molecular weight excluding hydrogens is 302 g/mol. The second kappa shape index (κ2) is 6.56. The molecule has 0 unspecified atom stereocenters. The maximum atomic E-state index is 12.0. The van der Waals surface area contributed by atoms with Crippen LogP contribution in [0, 0.1) is 12.3 Å². The molecule has 0 aromatic heterocycles. The Kier molecular flexibility index (Phi) is 5.03. The first-order chi connectivity index (χ1) is 9.13. The van der Waals surface area contributed by atoms with E-state index in [-0.39, 0.29) is 5.91 Å². The summed E-state index contributed by atoms with van der Waals surface area (Å²) >= 11 is 3.61. The molecule has 0 spiro atoms. The third-order valence-electron chi connectivity index (χ3n) is 4.06. The Morgan fingerprint density at radius 3 is 2.74 bits per heavy atom. The van der Waals surface area contributed by atoms with E-state index in [4.69, 9.17) is 0 Å². The summed E-state index contributed by atoms with van der Waals surface area (Å²) < 4.78 is 0. The molecule has 1 amide bonds. The molecule has 1 fully saturated rings. The Morgan fingerprint density at radius 1 is 1.37 bits per heavy atom. The number of hydrogen-bond acceptors (Lipinski definition) is 1. The summed E-state index contributed by atoms with van der Waals surface area (Å²) in [5, 5.41) is 4.11. The summed E-state index contributed by atoms with van der Waals surface area (Å²) in [6, 6.07) is 8.16. The zero-order valence-corrected chi connectivity index (χ0v) is 13.1. The second-order valence-corrected chi connectivity index (χ2v) is 6.34. The molecule has 0 heterocycles. The lowest BCUT2D eigenvalue weighted by Gasteiger charge is -2.26. The fourth-order valence-corrected chi connectivity index (χ4v) is 3.60. The summed E-state index contributed by atoms with van der Waals surface area (Å²) in [7, 11) is 0. The number of aryl methyl sites for hydroxylation is 1. The number of amides is 1. The van der Waals surface area contributed by atoms with Gasteiger partial charge >= 0.3 is 0 Å². The van der Waals surface area contributed by atoms with E-state index in [1.807, 2.05) is 12.1 Å². The first-order valence-corrected chi connectivity index (χ1v) is 8.14. The van der Waals surface area contributed by atoms with Gasteiger partial charge in [0, 0.05) is 11.9 Å². The number of nitrogens with one attached hydrogen (secondary N) is 1. The van der Waals surface area contributed by atoms with Crippen LogP contribution in [0.2, 0.25) is 0 Å². The molecule has 2 rings (SSSR count). The SMILES string of the molecule is Cc1cccc(CC(=O)NCC2(CBr)CCCC2)c1. The predicted molar refractivity (Wildman–Crippen MR) is 82.6 cm³/mol. The van der Waals surface area contributed by atoms with Crippen LogP contribution in [-0.2, 0) is 11.2 Å². The highest BCUT2D eigenvalue weighted by Crippen LogP contribution is 2.38. The monoisotopic (exact) mass is 323 g/mol. The van der Waals surface area contributed by atoms with Crippen molar-refractivity contribution in [2.45, 2.75) is 39.0 Å². The predicted octanol–water partition coefficient (Wildman–Crippen LogP) is 3.61. The van der Waals surface area contributed by atoms with E-state index in [0.717, 1.165) is 17.4 Å². The highest BCUT2D eigenvalue weighted by molar-refractivity contribution is 9.09. The van der Waals surface area contributed by atoms with Crippen LogP contribution < -0.4 is 5.32 Å². The molecule has 104 valence electrons. The highest BCUT2D eigenvalue weighted by atomic mass is 79.9. The Morgan fingerprint density at radius 2 is 2.11 bits per heavy atom. The van der Waals surface area contributed by atoms with E-state index in [9.17, 15) is 4.79 Å². The molecule has 0 atom stereocenters. The van der Waals surface area contributed by atoms with Gasteiger partial charge in [0.15, 0.2) is 0 Å². The molecule has 0 radical (unpaired) electrons. The first-order valence-electron chi connectivity index (χ1n) is 7.02. The van der Waals surface area contributed by atoms with Gasteiger partial charge in [-0.05, 0) is 30.7 Å². The van der Waals surface area contributed by atoms with Crippen LogP contribution in [-0.4, -0.2) is 17.8 Å². The third-order valence-corrected chi connectivity index (χ3v) is 5.24. The molecule has 1 saturated carbocycles. The highest BCUT2D eigenvalue weighted by Gasteiger charge is 2.32. The molecule has 0 saturated heterocycles. The molecule has 1 aliphatic rings.